The number of hydrogen-bond acceptors (Lipinski definition) is 3. The largest absolute Gasteiger partial charge is 0.336 e. The lowest BCUT2D eigenvalue weighted by atomic mass is 10.1. The summed E-state index contributed by atoms with van der Waals surface area (Å²) in [6, 6.07) is 2.53. The highest BCUT2D eigenvalue weighted by molar-refractivity contribution is 7.07. The summed E-state index contributed by atoms with van der Waals surface area (Å²) in [4.78, 5) is 14.4. The summed E-state index contributed by atoms with van der Waals surface area (Å²) in [6.07, 6.45) is 5.17. The van der Waals surface area contributed by atoms with Crippen LogP contribution in [0.2, 0.25) is 0 Å². The monoisotopic (exact) mass is 264 g/mol. The minimum atomic E-state index is 0.0845. The zero-order valence-corrected chi connectivity index (χ0v) is 11.4. The SMILES string of the molecule is NC(CC(=O)N1CCCC1c1ccsc1)C1CC1. The highest BCUT2D eigenvalue weighted by Gasteiger charge is 2.34. The summed E-state index contributed by atoms with van der Waals surface area (Å²) >= 11 is 1.71. The van der Waals surface area contributed by atoms with E-state index in [2.05, 4.69) is 16.8 Å². The molecule has 1 aromatic heterocycles. The van der Waals surface area contributed by atoms with Crippen molar-refractivity contribution < 1.29 is 4.79 Å². The third kappa shape index (κ3) is 2.45. The number of amides is 1. The summed E-state index contributed by atoms with van der Waals surface area (Å²) in [5.41, 5.74) is 7.36. The standard InChI is InChI=1S/C14H20N2OS/c15-12(10-3-4-10)8-14(17)16-6-1-2-13(16)11-5-7-18-9-11/h5,7,9-10,12-13H,1-4,6,8,15H2. The average molecular weight is 264 g/mol. The Labute approximate surface area is 112 Å². The molecular formula is C14H20N2OS. The Hall–Kier alpha value is -0.870. The van der Waals surface area contributed by atoms with E-state index in [0.717, 1.165) is 19.4 Å². The van der Waals surface area contributed by atoms with Crippen LogP contribution in [-0.4, -0.2) is 23.4 Å². The van der Waals surface area contributed by atoms with Gasteiger partial charge in [-0.1, -0.05) is 0 Å². The Bertz CT molecular complexity index is 413. The number of rotatable bonds is 4. The molecule has 2 fully saturated rings. The fraction of sp³-hybridized carbons (Fsp3) is 0.643. The molecule has 2 atom stereocenters. The number of likely N-dealkylation sites (tertiary alicyclic amines) is 1. The van der Waals surface area contributed by atoms with Crippen molar-refractivity contribution in [3.8, 4) is 0 Å². The van der Waals surface area contributed by atoms with Gasteiger partial charge in [0.2, 0.25) is 5.91 Å². The van der Waals surface area contributed by atoms with E-state index < -0.39 is 0 Å². The van der Waals surface area contributed by atoms with Gasteiger partial charge in [-0.25, -0.2) is 0 Å². The average Bonchev–Trinajstić information content (AvgIpc) is 2.90. The maximum Gasteiger partial charge on any atom is 0.224 e. The molecule has 2 N–H and O–H groups in total. The smallest absolute Gasteiger partial charge is 0.224 e. The van der Waals surface area contributed by atoms with E-state index in [1.165, 1.54) is 18.4 Å². The van der Waals surface area contributed by atoms with Gasteiger partial charge >= 0.3 is 0 Å². The molecule has 1 aliphatic heterocycles. The molecule has 1 aromatic rings. The van der Waals surface area contributed by atoms with Crippen molar-refractivity contribution in [1.82, 2.24) is 4.90 Å². The van der Waals surface area contributed by atoms with Crippen molar-refractivity contribution in [3.05, 3.63) is 22.4 Å². The Morgan fingerprint density at radius 3 is 3.00 bits per heavy atom. The highest BCUT2D eigenvalue weighted by atomic mass is 32.1. The van der Waals surface area contributed by atoms with Gasteiger partial charge < -0.3 is 10.6 Å². The highest BCUT2D eigenvalue weighted by Crippen LogP contribution is 2.36. The van der Waals surface area contributed by atoms with Crippen LogP contribution in [0.5, 0.6) is 0 Å². The molecule has 1 aliphatic carbocycles. The molecule has 18 heavy (non-hydrogen) atoms. The summed E-state index contributed by atoms with van der Waals surface area (Å²) in [6.45, 7) is 0.900. The molecule has 0 bridgehead atoms. The molecule has 2 unspecified atom stereocenters. The molecule has 3 rings (SSSR count). The molecule has 4 heteroatoms. The van der Waals surface area contributed by atoms with Gasteiger partial charge in [0.05, 0.1) is 6.04 Å². The zero-order valence-electron chi connectivity index (χ0n) is 10.5. The summed E-state index contributed by atoms with van der Waals surface area (Å²) < 4.78 is 0. The van der Waals surface area contributed by atoms with Crippen molar-refractivity contribution in [3.63, 3.8) is 0 Å². The Morgan fingerprint density at radius 1 is 1.50 bits per heavy atom. The van der Waals surface area contributed by atoms with Crippen LogP contribution in [0, 0.1) is 5.92 Å². The molecule has 0 spiro atoms. The molecular weight excluding hydrogens is 244 g/mol. The number of nitrogens with two attached hydrogens (primary N) is 1. The summed E-state index contributed by atoms with van der Waals surface area (Å²) in [5, 5.41) is 4.25. The fourth-order valence-corrected chi connectivity index (χ4v) is 3.59. The lowest BCUT2D eigenvalue weighted by Crippen LogP contribution is -2.36. The number of carbonyl (C=O) groups is 1. The van der Waals surface area contributed by atoms with Crippen LogP contribution in [-0.2, 0) is 4.79 Å². The van der Waals surface area contributed by atoms with Crippen molar-refractivity contribution in [2.24, 2.45) is 11.7 Å². The first kappa shape index (κ1) is 12.2. The first-order valence-corrected chi connectivity index (χ1v) is 7.77. The Balaban J connectivity index is 1.64. The fourth-order valence-electron chi connectivity index (χ4n) is 2.89. The first-order chi connectivity index (χ1) is 8.75. The van der Waals surface area contributed by atoms with E-state index in [1.54, 1.807) is 11.3 Å². The van der Waals surface area contributed by atoms with Crippen molar-refractivity contribution in [2.45, 2.75) is 44.2 Å². The van der Waals surface area contributed by atoms with Crippen LogP contribution < -0.4 is 5.73 Å². The normalized spacial score (nSPS) is 25.4. The van der Waals surface area contributed by atoms with E-state index in [0.29, 0.717) is 18.4 Å². The van der Waals surface area contributed by atoms with Gasteiger partial charge in [0.1, 0.15) is 0 Å². The molecule has 0 aromatic carbocycles. The van der Waals surface area contributed by atoms with Gasteiger partial charge in [-0.05, 0) is 54.0 Å². The second-order valence-electron chi connectivity index (χ2n) is 5.51. The summed E-state index contributed by atoms with van der Waals surface area (Å²) in [7, 11) is 0. The van der Waals surface area contributed by atoms with Crippen LogP contribution in [0.25, 0.3) is 0 Å². The van der Waals surface area contributed by atoms with Crippen molar-refractivity contribution >= 4 is 17.2 Å². The van der Waals surface area contributed by atoms with Crippen LogP contribution in [0.1, 0.15) is 43.7 Å². The van der Waals surface area contributed by atoms with Gasteiger partial charge in [0, 0.05) is 19.0 Å². The zero-order chi connectivity index (χ0) is 12.5. The molecule has 1 saturated carbocycles. The minimum absolute atomic E-state index is 0.0845. The lowest BCUT2D eigenvalue weighted by molar-refractivity contribution is -0.132. The molecule has 2 aliphatic rings. The quantitative estimate of drug-likeness (QED) is 0.908. The van der Waals surface area contributed by atoms with Gasteiger partial charge in [-0.2, -0.15) is 11.3 Å². The van der Waals surface area contributed by atoms with E-state index in [9.17, 15) is 4.79 Å². The van der Waals surface area contributed by atoms with Gasteiger partial charge in [0.25, 0.3) is 0 Å². The van der Waals surface area contributed by atoms with Crippen LogP contribution in [0.3, 0.4) is 0 Å². The Kier molecular flexibility index (Phi) is 3.39. The second kappa shape index (κ2) is 5.02. The van der Waals surface area contributed by atoms with Gasteiger partial charge in [-0.3, -0.25) is 4.79 Å². The second-order valence-corrected chi connectivity index (χ2v) is 6.29. The molecule has 2 heterocycles. The number of hydrogen-bond donors (Lipinski definition) is 1. The number of carbonyl (C=O) groups excluding carboxylic acids is 1. The molecule has 3 nitrogen and oxygen atoms in total. The maximum absolute atomic E-state index is 12.3. The maximum atomic E-state index is 12.3. The molecule has 1 amide bonds. The lowest BCUT2D eigenvalue weighted by Gasteiger charge is -2.25. The number of nitrogens with zero attached hydrogens (tertiary/aromatic N) is 1. The van der Waals surface area contributed by atoms with E-state index in [1.807, 2.05) is 4.90 Å². The van der Waals surface area contributed by atoms with Crippen LogP contribution >= 0.6 is 11.3 Å². The summed E-state index contributed by atoms with van der Waals surface area (Å²) in [5.74, 6) is 0.860. The third-order valence-electron chi connectivity index (χ3n) is 4.14. The Morgan fingerprint density at radius 2 is 2.33 bits per heavy atom. The van der Waals surface area contributed by atoms with E-state index in [-0.39, 0.29) is 11.9 Å². The number of thiophene rings is 1. The molecule has 98 valence electrons. The van der Waals surface area contributed by atoms with Gasteiger partial charge in [-0.15, -0.1) is 0 Å². The topological polar surface area (TPSA) is 46.3 Å². The molecule has 1 saturated heterocycles. The third-order valence-corrected chi connectivity index (χ3v) is 4.84. The van der Waals surface area contributed by atoms with E-state index in [4.69, 9.17) is 5.73 Å². The first-order valence-electron chi connectivity index (χ1n) is 6.83. The predicted octanol–water partition coefficient (Wildman–Crippen LogP) is 2.54. The van der Waals surface area contributed by atoms with E-state index >= 15 is 0 Å². The molecule has 0 radical (unpaired) electrons. The van der Waals surface area contributed by atoms with Crippen molar-refractivity contribution in [1.29, 1.82) is 0 Å². The van der Waals surface area contributed by atoms with Crippen molar-refractivity contribution in [2.75, 3.05) is 6.54 Å². The van der Waals surface area contributed by atoms with Gasteiger partial charge in [0.15, 0.2) is 0 Å². The predicted molar refractivity (Wildman–Crippen MR) is 73.3 cm³/mol. The minimum Gasteiger partial charge on any atom is -0.336 e. The van der Waals surface area contributed by atoms with Crippen LogP contribution in [0.4, 0.5) is 0 Å². The van der Waals surface area contributed by atoms with Crippen LogP contribution in [0.15, 0.2) is 16.8 Å².